The van der Waals surface area contributed by atoms with Crippen LogP contribution in [0.4, 0.5) is 0 Å². The molecule has 2 N–H and O–H groups in total. The molecular weight excluding hydrogens is 226 g/mol. The van der Waals surface area contributed by atoms with Gasteiger partial charge in [-0.2, -0.15) is 5.90 Å². The van der Waals surface area contributed by atoms with Crippen molar-refractivity contribution in [3.63, 3.8) is 0 Å². The number of hydrogen-bond acceptors (Lipinski definition) is 3. The molecule has 0 spiro atoms. The molecule has 0 saturated heterocycles. The summed E-state index contributed by atoms with van der Waals surface area (Å²) in [5.41, 5.74) is 4.20. The molecule has 0 atom stereocenters. The number of carbonyl (C=O) groups excluding carboxylic acids is 1. The zero-order valence-electron chi connectivity index (χ0n) is 10.2. The Bertz CT molecular complexity index is 550. The molecule has 0 heterocycles. The van der Waals surface area contributed by atoms with Gasteiger partial charge in [-0.05, 0) is 23.6 Å². The fourth-order valence-corrected chi connectivity index (χ4v) is 1.93. The molecule has 0 radical (unpaired) electrons. The van der Waals surface area contributed by atoms with E-state index in [1.807, 2.05) is 49.4 Å². The lowest BCUT2D eigenvalue weighted by atomic mass is 9.96. The lowest BCUT2D eigenvalue weighted by molar-refractivity contribution is -0.143. The van der Waals surface area contributed by atoms with Gasteiger partial charge < -0.3 is 4.84 Å². The molecule has 2 aromatic carbocycles. The Labute approximate surface area is 106 Å². The van der Waals surface area contributed by atoms with Gasteiger partial charge in [-0.3, -0.25) is 4.79 Å². The predicted molar refractivity (Wildman–Crippen MR) is 70.6 cm³/mol. The van der Waals surface area contributed by atoms with Gasteiger partial charge in [-0.15, -0.1) is 0 Å². The molecule has 2 aromatic rings. The quantitative estimate of drug-likeness (QED) is 0.840. The fraction of sp³-hybridized carbons (Fsp3) is 0.133. The molecule has 0 saturated carbocycles. The van der Waals surface area contributed by atoms with Gasteiger partial charge >= 0.3 is 5.97 Å². The van der Waals surface area contributed by atoms with Crippen LogP contribution < -0.4 is 5.90 Å². The third-order valence-electron chi connectivity index (χ3n) is 2.82. The van der Waals surface area contributed by atoms with Gasteiger partial charge in [0.1, 0.15) is 0 Å². The Morgan fingerprint density at radius 3 is 2.56 bits per heavy atom. The highest BCUT2D eigenvalue weighted by Gasteiger charge is 2.10. The molecule has 0 aromatic heterocycles. The second kappa shape index (κ2) is 5.47. The first kappa shape index (κ1) is 12.3. The highest BCUT2D eigenvalue weighted by molar-refractivity contribution is 5.78. The predicted octanol–water partition coefficient (Wildman–Crippen LogP) is 2.62. The molecule has 0 aliphatic heterocycles. The van der Waals surface area contributed by atoms with E-state index in [-0.39, 0.29) is 6.42 Å². The Morgan fingerprint density at radius 1 is 1.17 bits per heavy atom. The van der Waals surface area contributed by atoms with Crippen LogP contribution in [0.2, 0.25) is 0 Å². The Balaban J connectivity index is 2.44. The van der Waals surface area contributed by atoms with Gasteiger partial charge in [-0.1, -0.05) is 54.1 Å². The van der Waals surface area contributed by atoms with E-state index < -0.39 is 5.97 Å². The van der Waals surface area contributed by atoms with Crippen LogP contribution in [0.1, 0.15) is 11.1 Å². The SMILES string of the molecule is Cc1ccc(CC(=O)ON)c(-c2ccccc2)c1. The highest BCUT2D eigenvalue weighted by atomic mass is 16.7. The second-order valence-corrected chi connectivity index (χ2v) is 4.19. The topological polar surface area (TPSA) is 52.3 Å². The summed E-state index contributed by atoms with van der Waals surface area (Å²) in [5.74, 6) is 4.45. The number of aryl methyl sites for hydroxylation is 1. The monoisotopic (exact) mass is 241 g/mol. The van der Waals surface area contributed by atoms with Crippen molar-refractivity contribution < 1.29 is 9.63 Å². The van der Waals surface area contributed by atoms with Crippen molar-refractivity contribution in [1.29, 1.82) is 0 Å². The number of carbonyl (C=O) groups is 1. The van der Waals surface area contributed by atoms with Gasteiger partial charge in [-0.25, -0.2) is 0 Å². The van der Waals surface area contributed by atoms with E-state index in [1.165, 1.54) is 0 Å². The molecule has 18 heavy (non-hydrogen) atoms. The van der Waals surface area contributed by atoms with E-state index in [2.05, 4.69) is 10.9 Å². The van der Waals surface area contributed by atoms with E-state index in [1.54, 1.807) is 0 Å². The largest absolute Gasteiger partial charge is 0.373 e. The van der Waals surface area contributed by atoms with E-state index in [9.17, 15) is 4.79 Å². The molecule has 92 valence electrons. The molecule has 0 aliphatic rings. The van der Waals surface area contributed by atoms with Gasteiger partial charge in [0.15, 0.2) is 0 Å². The third-order valence-corrected chi connectivity index (χ3v) is 2.82. The zero-order chi connectivity index (χ0) is 13.0. The smallest absolute Gasteiger partial charge is 0.328 e. The Morgan fingerprint density at radius 2 is 1.89 bits per heavy atom. The summed E-state index contributed by atoms with van der Waals surface area (Å²) in [7, 11) is 0. The first-order valence-corrected chi connectivity index (χ1v) is 5.75. The van der Waals surface area contributed by atoms with Crippen LogP contribution in [0, 0.1) is 6.92 Å². The van der Waals surface area contributed by atoms with Crippen LogP contribution in [0.25, 0.3) is 11.1 Å². The summed E-state index contributed by atoms with van der Waals surface area (Å²) < 4.78 is 0. The molecule has 3 heteroatoms. The van der Waals surface area contributed by atoms with Crippen LogP contribution in [-0.4, -0.2) is 5.97 Å². The lowest BCUT2D eigenvalue weighted by Crippen LogP contribution is -2.13. The summed E-state index contributed by atoms with van der Waals surface area (Å²) in [6.07, 6.45) is 0.182. The fourth-order valence-electron chi connectivity index (χ4n) is 1.93. The summed E-state index contributed by atoms with van der Waals surface area (Å²) in [6.45, 7) is 2.03. The summed E-state index contributed by atoms with van der Waals surface area (Å²) in [6, 6.07) is 15.9. The number of hydrogen-bond donors (Lipinski definition) is 1. The zero-order valence-corrected chi connectivity index (χ0v) is 10.2. The minimum Gasteiger partial charge on any atom is -0.373 e. The number of rotatable bonds is 3. The van der Waals surface area contributed by atoms with E-state index in [0.717, 1.165) is 22.3 Å². The van der Waals surface area contributed by atoms with Crippen LogP contribution in [-0.2, 0) is 16.1 Å². The van der Waals surface area contributed by atoms with Gasteiger partial charge in [0.2, 0.25) is 0 Å². The third kappa shape index (κ3) is 2.76. The van der Waals surface area contributed by atoms with Crippen LogP contribution in [0.5, 0.6) is 0 Å². The molecule has 0 unspecified atom stereocenters. The molecule has 0 amide bonds. The number of nitrogens with two attached hydrogens (primary N) is 1. The van der Waals surface area contributed by atoms with Crippen molar-refractivity contribution in [2.75, 3.05) is 0 Å². The Hall–Kier alpha value is -2.13. The lowest BCUT2D eigenvalue weighted by Gasteiger charge is -2.10. The maximum Gasteiger partial charge on any atom is 0.328 e. The summed E-state index contributed by atoms with van der Waals surface area (Å²) >= 11 is 0. The first-order valence-electron chi connectivity index (χ1n) is 5.75. The van der Waals surface area contributed by atoms with Gasteiger partial charge in [0.25, 0.3) is 0 Å². The average Bonchev–Trinajstić information content (AvgIpc) is 2.41. The van der Waals surface area contributed by atoms with Crippen molar-refractivity contribution in [2.45, 2.75) is 13.3 Å². The minimum absolute atomic E-state index is 0.182. The van der Waals surface area contributed by atoms with Crippen molar-refractivity contribution in [3.8, 4) is 11.1 Å². The molecule has 0 fully saturated rings. The summed E-state index contributed by atoms with van der Waals surface area (Å²) in [4.78, 5) is 15.5. The van der Waals surface area contributed by atoms with E-state index >= 15 is 0 Å². The summed E-state index contributed by atoms with van der Waals surface area (Å²) in [5, 5.41) is 0. The van der Waals surface area contributed by atoms with Crippen molar-refractivity contribution in [3.05, 3.63) is 59.7 Å². The molecule has 0 aliphatic carbocycles. The second-order valence-electron chi connectivity index (χ2n) is 4.19. The Kier molecular flexibility index (Phi) is 3.75. The number of benzene rings is 2. The maximum atomic E-state index is 11.3. The van der Waals surface area contributed by atoms with Crippen LogP contribution in [0.15, 0.2) is 48.5 Å². The van der Waals surface area contributed by atoms with E-state index in [4.69, 9.17) is 5.90 Å². The minimum atomic E-state index is -0.434. The molecular formula is C15H15NO2. The van der Waals surface area contributed by atoms with Gasteiger partial charge in [0.05, 0.1) is 6.42 Å². The standard InChI is InChI=1S/C15H15NO2/c1-11-7-8-13(10-15(17)18-16)14(9-11)12-5-3-2-4-6-12/h2-9H,10,16H2,1H3. The molecule has 3 nitrogen and oxygen atoms in total. The van der Waals surface area contributed by atoms with E-state index in [0.29, 0.717) is 0 Å². The van der Waals surface area contributed by atoms with Crippen molar-refractivity contribution in [2.24, 2.45) is 5.90 Å². The normalized spacial score (nSPS) is 10.1. The van der Waals surface area contributed by atoms with Crippen molar-refractivity contribution in [1.82, 2.24) is 0 Å². The van der Waals surface area contributed by atoms with Crippen LogP contribution >= 0.6 is 0 Å². The maximum absolute atomic E-state index is 11.3. The van der Waals surface area contributed by atoms with Gasteiger partial charge in [0, 0.05) is 0 Å². The first-order chi connectivity index (χ1) is 8.70. The van der Waals surface area contributed by atoms with Crippen LogP contribution in [0.3, 0.4) is 0 Å². The highest BCUT2D eigenvalue weighted by Crippen LogP contribution is 2.25. The average molecular weight is 241 g/mol. The molecule has 0 bridgehead atoms. The van der Waals surface area contributed by atoms with Crippen molar-refractivity contribution >= 4 is 5.97 Å². The molecule has 2 rings (SSSR count).